The molecule has 0 aliphatic heterocycles. The lowest BCUT2D eigenvalue weighted by atomic mass is 10.0. The quantitative estimate of drug-likeness (QED) is 0.488. The number of benzene rings is 2. The predicted octanol–water partition coefficient (Wildman–Crippen LogP) is 4.54. The summed E-state index contributed by atoms with van der Waals surface area (Å²) in [6.45, 7) is 3.77. The van der Waals surface area contributed by atoms with Gasteiger partial charge in [-0.3, -0.25) is 4.79 Å². The highest BCUT2D eigenvalue weighted by molar-refractivity contribution is 6.08. The van der Waals surface area contributed by atoms with E-state index in [0.717, 1.165) is 18.4 Å². The maximum atomic E-state index is 14.4. The van der Waals surface area contributed by atoms with E-state index in [1.165, 1.54) is 18.2 Å². The first-order valence-electron chi connectivity index (χ1n) is 9.98. The molecule has 0 bridgehead atoms. The van der Waals surface area contributed by atoms with Crippen LogP contribution in [0, 0.1) is 24.1 Å². The molecule has 3 aromatic rings. The van der Waals surface area contributed by atoms with Crippen LogP contribution in [-0.4, -0.2) is 32.7 Å². The number of phenols is 1. The highest BCUT2D eigenvalue weighted by atomic mass is 35.5. The van der Waals surface area contributed by atoms with E-state index < -0.39 is 5.82 Å². The monoisotopic (exact) mass is 442 g/mol. The summed E-state index contributed by atoms with van der Waals surface area (Å²) in [5.74, 6) is -0.747. The number of aromatic hydroxyl groups is 1. The van der Waals surface area contributed by atoms with Gasteiger partial charge >= 0.3 is 0 Å². The Bertz CT molecular complexity index is 1140. The third-order valence-electron chi connectivity index (χ3n) is 5.20. The molecule has 1 fully saturated rings. The molecule has 8 heteroatoms. The molecule has 1 aromatic heterocycles. The van der Waals surface area contributed by atoms with Gasteiger partial charge in [0.2, 0.25) is 5.91 Å². The second-order valence-corrected chi connectivity index (χ2v) is 7.92. The fourth-order valence-corrected chi connectivity index (χ4v) is 3.48. The average Bonchev–Trinajstić information content (AvgIpc) is 3.52. The summed E-state index contributed by atoms with van der Waals surface area (Å²) in [7, 11) is 0. The zero-order valence-corrected chi connectivity index (χ0v) is 18.1. The molecule has 3 N–H and O–H groups in total. The van der Waals surface area contributed by atoms with Crippen LogP contribution in [0.4, 0.5) is 4.39 Å². The summed E-state index contributed by atoms with van der Waals surface area (Å²) >= 11 is 0. The van der Waals surface area contributed by atoms with Gasteiger partial charge in [-0.25, -0.2) is 14.4 Å². The molecule has 1 atom stereocenters. The number of aryl methyl sites for hydroxylation is 1. The third kappa shape index (κ3) is 4.82. The Morgan fingerprint density at radius 2 is 2.03 bits per heavy atom. The second-order valence-electron chi connectivity index (χ2n) is 7.92. The minimum Gasteiger partial charge on any atom is -0.507 e. The zero-order chi connectivity index (χ0) is 21.4. The average molecular weight is 443 g/mol. The third-order valence-corrected chi connectivity index (χ3v) is 5.20. The number of halogens is 2. The van der Waals surface area contributed by atoms with Crippen molar-refractivity contribution >= 4 is 34.9 Å². The van der Waals surface area contributed by atoms with Crippen molar-refractivity contribution in [1.82, 2.24) is 15.3 Å². The van der Waals surface area contributed by atoms with Gasteiger partial charge in [0.25, 0.3) is 0 Å². The van der Waals surface area contributed by atoms with Crippen LogP contribution in [0.3, 0.4) is 0 Å². The van der Waals surface area contributed by atoms with Gasteiger partial charge in [0, 0.05) is 23.8 Å². The largest absolute Gasteiger partial charge is 0.507 e. The first-order chi connectivity index (χ1) is 14.3. The van der Waals surface area contributed by atoms with E-state index in [1.807, 2.05) is 32.0 Å². The number of aromatic nitrogens is 2. The molecule has 0 spiro atoms. The molecule has 1 amide bonds. The van der Waals surface area contributed by atoms with Crippen molar-refractivity contribution in [2.45, 2.75) is 39.2 Å². The van der Waals surface area contributed by atoms with Crippen molar-refractivity contribution in [1.29, 1.82) is 5.41 Å². The number of phenolic OH excluding ortho intramolecular Hbond substituents is 1. The van der Waals surface area contributed by atoms with Crippen LogP contribution in [0.25, 0.3) is 22.3 Å². The lowest BCUT2D eigenvalue weighted by Gasteiger charge is -2.16. The van der Waals surface area contributed by atoms with Crippen molar-refractivity contribution < 1.29 is 14.3 Å². The van der Waals surface area contributed by atoms with Crippen molar-refractivity contribution in [2.24, 2.45) is 5.92 Å². The van der Waals surface area contributed by atoms with Gasteiger partial charge in [-0.1, -0.05) is 18.2 Å². The van der Waals surface area contributed by atoms with Crippen LogP contribution in [0.1, 0.15) is 37.4 Å². The zero-order valence-electron chi connectivity index (χ0n) is 17.3. The summed E-state index contributed by atoms with van der Waals surface area (Å²) < 4.78 is 14.4. The number of nitrogens with one attached hydrogen (secondary N) is 2. The van der Waals surface area contributed by atoms with Crippen LogP contribution >= 0.6 is 12.4 Å². The van der Waals surface area contributed by atoms with Crippen LogP contribution in [-0.2, 0) is 4.79 Å². The molecule has 1 aliphatic rings. The van der Waals surface area contributed by atoms with E-state index in [-0.39, 0.29) is 59.5 Å². The van der Waals surface area contributed by atoms with E-state index in [0.29, 0.717) is 16.6 Å². The highest BCUT2D eigenvalue weighted by Crippen LogP contribution is 2.32. The van der Waals surface area contributed by atoms with Gasteiger partial charge in [-0.2, -0.15) is 0 Å². The van der Waals surface area contributed by atoms with Gasteiger partial charge in [-0.15, -0.1) is 12.4 Å². The number of nitrogens with zero attached hydrogens (tertiary/aromatic N) is 2. The Kier molecular flexibility index (Phi) is 6.55. The van der Waals surface area contributed by atoms with Gasteiger partial charge in [0.15, 0.2) is 5.82 Å². The summed E-state index contributed by atoms with van der Waals surface area (Å²) in [5, 5.41) is 22.4. The fraction of sp³-hybridized carbons (Fsp3) is 0.304. The van der Waals surface area contributed by atoms with Crippen LogP contribution < -0.4 is 5.32 Å². The van der Waals surface area contributed by atoms with E-state index in [4.69, 9.17) is 5.41 Å². The van der Waals surface area contributed by atoms with Crippen molar-refractivity contribution in [3.63, 3.8) is 0 Å². The lowest BCUT2D eigenvalue weighted by molar-refractivity contribution is -0.122. The minimum absolute atomic E-state index is 0. The molecule has 4 rings (SSSR count). The Morgan fingerprint density at radius 1 is 1.29 bits per heavy atom. The first-order valence-corrected chi connectivity index (χ1v) is 9.98. The number of fused-ring (bicyclic) bond motifs is 1. The SMILES string of the molecule is Cc1ccc2c(C(=N)C[C@@H](C)NC(=O)C3CC3)nc(-c3c(O)cccc3F)nc2c1.Cl. The van der Waals surface area contributed by atoms with Crippen molar-refractivity contribution in [2.75, 3.05) is 0 Å². The number of carbonyl (C=O) groups excluding carboxylic acids is 1. The molecule has 1 saturated carbocycles. The highest BCUT2D eigenvalue weighted by Gasteiger charge is 2.30. The van der Waals surface area contributed by atoms with Crippen LogP contribution in [0.5, 0.6) is 5.75 Å². The molecule has 6 nitrogen and oxygen atoms in total. The Balaban J connectivity index is 0.00000272. The molecular weight excluding hydrogens is 419 g/mol. The smallest absolute Gasteiger partial charge is 0.223 e. The van der Waals surface area contributed by atoms with Gasteiger partial charge in [0.1, 0.15) is 11.6 Å². The van der Waals surface area contributed by atoms with E-state index in [9.17, 15) is 14.3 Å². The second kappa shape index (κ2) is 8.98. The minimum atomic E-state index is -0.635. The Labute approximate surface area is 185 Å². The summed E-state index contributed by atoms with van der Waals surface area (Å²) in [4.78, 5) is 20.9. The van der Waals surface area contributed by atoms with Crippen molar-refractivity contribution in [3.8, 4) is 17.1 Å². The fourth-order valence-electron chi connectivity index (χ4n) is 3.48. The standard InChI is InChI=1S/C23H23FN4O2.ClH/c1-12-6-9-15-18(10-12)27-22(20-16(24)4-3-5-19(20)29)28-21(15)17(25)11-13(2)26-23(30)14-7-8-14;/h3-6,9-10,13-14,25,29H,7-8,11H2,1-2H3,(H,26,30);1H/t13-;/m1./s1. The molecule has 0 unspecified atom stereocenters. The summed E-state index contributed by atoms with van der Waals surface area (Å²) in [6.07, 6.45) is 2.12. The van der Waals surface area contributed by atoms with Gasteiger partial charge in [-0.05, 0) is 50.5 Å². The number of amides is 1. The molecular formula is C23H24ClFN4O2. The predicted molar refractivity (Wildman–Crippen MR) is 120 cm³/mol. The van der Waals surface area contributed by atoms with E-state index in [2.05, 4.69) is 15.3 Å². The van der Waals surface area contributed by atoms with E-state index >= 15 is 0 Å². The molecule has 1 heterocycles. The number of carbonyl (C=O) groups is 1. The molecule has 0 saturated heterocycles. The van der Waals surface area contributed by atoms with Crippen molar-refractivity contribution in [3.05, 3.63) is 53.5 Å². The molecule has 0 radical (unpaired) electrons. The Hall–Kier alpha value is -3.06. The molecule has 162 valence electrons. The maximum absolute atomic E-state index is 14.4. The summed E-state index contributed by atoms with van der Waals surface area (Å²) in [5.41, 5.74) is 2.02. The van der Waals surface area contributed by atoms with Gasteiger partial charge < -0.3 is 15.8 Å². The number of rotatable bonds is 6. The van der Waals surface area contributed by atoms with E-state index in [1.54, 1.807) is 0 Å². The molecule has 2 aromatic carbocycles. The number of hydrogen-bond acceptors (Lipinski definition) is 5. The molecule has 31 heavy (non-hydrogen) atoms. The lowest BCUT2D eigenvalue weighted by Crippen LogP contribution is -2.35. The topological polar surface area (TPSA) is 99.0 Å². The Morgan fingerprint density at radius 3 is 2.71 bits per heavy atom. The van der Waals surface area contributed by atoms with Crippen LogP contribution in [0.2, 0.25) is 0 Å². The number of hydrogen-bond donors (Lipinski definition) is 3. The van der Waals surface area contributed by atoms with Crippen LogP contribution in [0.15, 0.2) is 36.4 Å². The normalized spacial score (nSPS) is 14.0. The summed E-state index contributed by atoms with van der Waals surface area (Å²) in [6, 6.07) is 9.38. The van der Waals surface area contributed by atoms with Gasteiger partial charge in [0.05, 0.1) is 22.5 Å². The first kappa shape index (κ1) is 22.6. The molecule has 1 aliphatic carbocycles. The maximum Gasteiger partial charge on any atom is 0.223 e.